The van der Waals surface area contributed by atoms with Gasteiger partial charge >= 0.3 is 6.18 Å². The zero-order chi connectivity index (χ0) is 15.6. The molecule has 1 unspecified atom stereocenters. The van der Waals surface area contributed by atoms with Crippen molar-refractivity contribution in [2.45, 2.75) is 25.1 Å². The summed E-state index contributed by atoms with van der Waals surface area (Å²) in [5, 5.41) is 3.97. The van der Waals surface area contributed by atoms with Crippen molar-refractivity contribution in [2.24, 2.45) is 12.8 Å². The smallest absolute Gasteiger partial charge is 0.324 e. The van der Waals surface area contributed by atoms with Crippen LogP contribution in [0.4, 0.5) is 17.6 Å². The maximum atomic E-state index is 13.2. The first-order valence-electron chi connectivity index (χ1n) is 6.38. The van der Waals surface area contributed by atoms with E-state index < -0.39 is 23.6 Å². The van der Waals surface area contributed by atoms with E-state index in [-0.39, 0.29) is 12.0 Å². The van der Waals surface area contributed by atoms with Gasteiger partial charge in [-0.3, -0.25) is 4.68 Å². The second kappa shape index (κ2) is 5.85. The first-order valence-corrected chi connectivity index (χ1v) is 6.38. The fourth-order valence-corrected chi connectivity index (χ4v) is 2.20. The molecule has 0 amide bonds. The number of alkyl halides is 3. The van der Waals surface area contributed by atoms with Crippen molar-refractivity contribution >= 4 is 0 Å². The van der Waals surface area contributed by atoms with Crippen LogP contribution >= 0.6 is 0 Å². The summed E-state index contributed by atoms with van der Waals surface area (Å²) in [6.45, 7) is 0. The second-order valence-corrected chi connectivity index (χ2v) is 4.82. The van der Waals surface area contributed by atoms with Crippen LogP contribution in [0.15, 0.2) is 30.5 Å². The van der Waals surface area contributed by atoms with Crippen molar-refractivity contribution in [1.82, 2.24) is 9.78 Å². The molecule has 0 fully saturated rings. The molecule has 3 nitrogen and oxygen atoms in total. The number of hydrogen-bond acceptors (Lipinski definition) is 2. The highest BCUT2D eigenvalue weighted by Crippen LogP contribution is 2.35. The minimum Gasteiger partial charge on any atom is -0.324 e. The number of aromatic nitrogens is 2. The number of nitrogens with two attached hydrogens (primary N) is 1. The lowest BCUT2D eigenvalue weighted by Crippen LogP contribution is -2.19. The molecule has 2 rings (SSSR count). The Kier molecular flexibility index (Phi) is 4.32. The van der Waals surface area contributed by atoms with Gasteiger partial charge in [0.25, 0.3) is 0 Å². The lowest BCUT2D eigenvalue weighted by molar-refractivity contribution is -0.138. The number of aryl methyl sites for hydroxylation is 2. The van der Waals surface area contributed by atoms with Crippen molar-refractivity contribution in [1.29, 1.82) is 0 Å². The molecule has 0 saturated heterocycles. The summed E-state index contributed by atoms with van der Waals surface area (Å²) < 4.78 is 53.6. The van der Waals surface area contributed by atoms with Crippen LogP contribution in [0.5, 0.6) is 0 Å². The van der Waals surface area contributed by atoms with E-state index in [2.05, 4.69) is 5.10 Å². The average molecular weight is 301 g/mol. The molecule has 2 aromatic rings. The molecule has 1 aromatic carbocycles. The molecule has 1 aromatic heterocycles. The van der Waals surface area contributed by atoms with Crippen LogP contribution in [0.2, 0.25) is 0 Å². The number of hydrogen-bond donors (Lipinski definition) is 1. The van der Waals surface area contributed by atoms with E-state index >= 15 is 0 Å². The van der Waals surface area contributed by atoms with E-state index in [1.165, 1.54) is 0 Å². The first kappa shape index (κ1) is 15.5. The molecule has 1 heterocycles. The third-order valence-electron chi connectivity index (χ3n) is 3.35. The second-order valence-electron chi connectivity index (χ2n) is 4.82. The topological polar surface area (TPSA) is 43.8 Å². The van der Waals surface area contributed by atoms with Gasteiger partial charge in [0.1, 0.15) is 5.82 Å². The average Bonchev–Trinajstić information content (AvgIpc) is 2.80. The van der Waals surface area contributed by atoms with Gasteiger partial charge in [-0.05, 0) is 42.7 Å². The Hall–Kier alpha value is -1.89. The highest BCUT2D eigenvalue weighted by Gasteiger charge is 2.34. The molecule has 0 aliphatic carbocycles. The number of rotatable bonds is 4. The predicted molar refractivity (Wildman–Crippen MR) is 69.9 cm³/mol. The van der Waals surface area contributed by atoms with Gasteiger partial charge in [0.15, 0.2) is 0 Å². The van der Waals surface area contributed by atoms with Crippen LogP contribution in [0.25, 0.3) is 0 Å². The summed E-state index contributed by atoms with van der Waals surface area (Å²) in [5.41, 5.74) is 5.58. The molecule has 1 atom stereocenters. The molecule has 21 heavy (non-hydrogen) atoms. The Morgan fingerprint density at radius 3 is 2.57 bits per heavy atom. The highest BCUT2D eigenvalue weighted by molar-refractivity contribution is 5.33. The summed E-state index contributed by atoms with van der Waals surface area (Å²) >= 11 is 0. The van der Waals surface area contributed by atoms with Gasteiger partial charge in [-0.15, -0.1) is 0 Å². The maximum Gasteiger partial charge on any atom is 0.416 e. The van der Waals surface area contributed by atoms with Crippen molar-refractivity contribution in [3.8, 4) is 0 Å². The fourth-order valence-electron chi connectivity index (χ4n) is 2.20. The van der Waals surface area contributed by atoms with E-state index in [0.29, 0.717) is 6.42 Å². The van der Waals surface area contributed by atoms with Gasteiger partial charge in [-0.1, -0.05) is 0 Å². The third-order valence-corrected chi connectivity index (χ3v) is 3.35. The first-order chi connectivity index (χ1) is 9.79. The Labute approximate surface area is 119 Å². The van der Waals surface area contributed by atoms with Gasteiger partial charge in [0.05, 0.1) is 5.56 Å². The van der Waals surface area contributed by atoms with Crippen LogP contribution in [-0.4, -0.2) is 9.78 Å². The molecular formula is C14H15F4N3. The normalized spacial score (nSPS) is 13.4. The van der Waals surface area contributed by atoms with E-state index in [1.54, 1.807) is 24.0 Å². The Balaban J connectivity index is 2.20. The van der Waals surface area contributed by atoms with Crippen LogP contribution in [0.1, 0.15) is 29.3 Å². The molecular weight excluding hydrogens is 286 g/mol. The minimum atomic E-state index is -4.55. The van der Waals surface area contributed by atoms with Gasteiger partial charge in [-0.2, -0.15) is 18.3 Å². The van der Waals surface area contributed by atoms with Crippen LogP contribution < -0.4 is 5.73 Å². The van der Waals surface area contributed by atoms with Crippen LogP contribution in [-0.2, 0) is 19.6 Å². The standard InChI is InChI=1S/C14H15F4N3/c1-21-10(6-7-20-21)3-5-13(19)11-8-9(15)2-4-12(11)14(16,17)18/h2,4,6-8,13H,3,5,19H2,1H3. The largest absolute Gasteiger partial charge is 0.416 e. The number of halogens is 4. The predicted octanol–water partition coefficient (Wildman–Crippen LogP) is 3.21. The quantitative estimate of drug-likeness (QED) is 0.881. The molecule has 0 radical (unpaired) electrons. The fraction of sp³-hybridized carbons (Fsp3) is 0.357. The van der Waals surface area contributed by atoms with Gasteiger partial charge in [0, 0.05) is 25.0 Å². The third kappa shape index (κ3) is 3.60. The lowest BCUT2D eigenvalue weighted by Gasteiger charge is -2.18. The van der Waals surface area contributed by atoms with Crippen molar-refractivity contribution in [3.05, 3.63) is 53.1 Å². The molecule has 0 bridgehead atoms. The molecule has 7 heteroatoms. The summed E-state index contributed by atoms with van der Waals surface area (Å²) in [6, 6.07) is 3.25. The van der Waals surface area contributed by atoms with Gasteiger partial charge < -0.3 is 5.73 Å². The molecule has 0 aliphatic rings. The van der Waals surface area contributed by atoms with E-state index in [0.717, 1.165) is 23.9 Å². The van der Waals surface area contributed by atoms with Crippen molar-refractivity contribution < 1.29 is 17.6 Å². The lowest BCUT2D eigenvalue weighted by atomic mass is 9.96. The SMILES string of the molecule is Cn1nccc1CCC(N)c1cc(F)ccc1C(F)(F)F. The Morgan fingerprint density at radius 2 is 2.00 bits per heavy atom. The zero-order valence-corrected chi connectivity index (χ0v) is 11.4. The number of benzene rings is 1. The molecule has 0 saturated carbocycles. The molecule has 0 aliphatic heterocycles. The van der Waals surface area contributed by atoms with E-state index in [9.17, 15) is 17.6 Å². The Morgan fingerprint density at radius 1 is 1.29 bits per heavy atom. The van der Waals surface area contributed by atoms with E-state index in [4.69, 9.17) is 5.73 Å². The summed E-state index contributed by atoms with van der Waals surface area (Å²) in [7, 11) is 1.74. The maximum absolute atomic E-state index is 13.2. The van der Waals surface area contributed by atoms with Crippen LogP contribution in [0, 0.1) is 5.82 Å². The minimum absolute atomic E-state index is 0.218. The van der Waals surface area contributed by atoms with Gasteiger partial charge in [0.2, 0.25) is 0 Å². The molecule has 0 spiro atoms. The summed E-state index contributed by atoms with van der Waals surface area (Å²) in [5.74, 6) is -0.728. The Bertz CT molecular complexity index is 619. The monoisotopic (exact) mass is 301 g/mol. The molecule has 2 N–H and O–H groups in total. The number of nitrogens with zero attached hydrogens (tertiary/aromatic N) is 2. The van der Waals surface area contributed by atoms with Gasteiger partial charge in [-0.25, -0.2) is 4.39 Å². The van der Waals surface area contributed by atoms with Crippen molar-refractivity contribution in [3.63, 3.8) is 0 Å². The van der Waals surface area contributed by atoms with Crippen LogP contribution in [0.3, 0.4) is 0 Å². The highest BCUT2D eigenvalue weighted by atomic mass is 19.4. The molecule has 114 valence electrons. The van der Waals surface area contributed by atoms with Crippen molar-refractivity contribution in [2.75, 3.05) is 0 Å². The van der Waals surface area contributed by atoms with E-state index in [1.807, 2.05) is 0 Å². The zero-order valence-electron chi connectivity index (χ0n) is 11.4. The summed E-state index contributed by atoms with van der Waals surface area (Å²) in [6.07, 6.45) is -2.21. The summed E-state index contributed by atoms with van der Waals surface area (Å²) in [4.78, 5) is 0.